The Kier molecular flexibility index (Phi) is 5.93. The molecule has 0 heterocycles. The minimum absolute atomic E-state index is 0. The number of fused-ring (bicyclic) bond motifs is 3. The Hall–Kier alpha value is -1.22. The lowest BCUT2D eigenvalue weighted by atomic mass is 9.93. The molecule has 3 unspecified atom stereocenters. The van der Waals surface area contributed by atoms with Gasteiger partial charge in [-0.25, -0.2) is 0 Å². The molecule has 4 rings (SSSR count). The minimum atomic E-state index is 0. The summed E-state index contributed by atoms with van der Waals surface area (Å²) in [5.41, 5.74) is 4.31. The largest absolute Gasteiger partial charge is 0.497 e. The standard InChI is InChI=1S/C21H24ClNO.ClH/c1-24-20-9-6-15-10-16-4-5-17(11-18(15)12-20)21(16)23-13-14-2-7-19(22)8-3-14;/h2-3,6-9,12,16-17,21,23H,4-5,10-11,13H2,1H3;1H. The summed E-state index contributed by atoms with van der Waals surface area (Å²) in [6, 6.07) is 15.4. The second-order valence-electron chi connectivity index (χ2n) is 7.17. The van der Waals surface area contributed by atoms with Crippen molar-refractivity contribution in [1.82, 2.24) is 5.32 Å². The first-order valence-electron chi connectivity index (χ1n) is 8.86. The fraction of sp³-hybridized carbons (Fsp3) is 0.429. The van der Waals surface area contributed by atoms with Crippen molar-refractivity contribution >= 4 is 24.0 Å². The lowest BCUT2D eigenvalue weighted by Gasteiger charge is -2.24. The summed E-state index contributed by atoms with van der Waals surface area (Å²) < 4.78 is 5.42. The summed E-state index contributed by atoms with van der Waals surface area (Å²) in [6.07, 6.45) is 5.03. The highest BCUT2D eigenvalue weighted by molar-refractivity contribution is 6.30. The summed E-state index contributed by atoms with van der Waals surface area (Å²) in [5, 5.41) is 4.65. The van der Waals surface area contributed by atoms with E-state index in [0.29, 0.717) is 6.04 Å². The zero-order chi connectivity index (χ0) is 16.5. The molecule has 1 fully saturated rings. The van der Waals surface area contributed by atoms with E-state index in [2.05, 4.69) is 35.6 Å². The van der Waals surface area contributed by atoms with Gasteiger partial charge in [0.2, 0.25) is 0 Å². The maximum Gasteiger partial charge on any atom is 0.119 e. The Labute approximate surface area is 161 Å². The molecule has 0 saturated heterocycles. The summed E-state index contributed by atoms with van der Waals surface area (Å²) in [7, 11) is 1.75. The van der Waals surface area contributed by atoms with Gasteiger partial charge >= 0.3 is 0 Å². The Morgan fingerprint density at radius 2 is 1.68 bits per heavy atom. The van der Waals surface area contributed by atoms with E-state index in [1.165, 1.54) is 42.4 Å². The molecule has 2 aromatic carbocycles. The molecular weight excluding hydrogens is 353 g/mol. The van der Waals surface area contributed by atoms with Crippen molar-refractivity contribution in [2.24, 2.45) is 11.8 Å². The van der Waals surface area contributed by atoms with Crippen LogP contribution in [0.25, 0.3) is 0 Å². The van der Waals surface area contributed by atoms with Gasteiger partial charge in [-0.1, -0.05) is 29.8 Å². The van der Waals surface area contributed by atoms with Gasteiger partial charge in [0.15, 0.2) is 0 Å². The molecule has 0 radical (unpaired) electrons. The van der Waals surface area contributed by atoms with Crippen molar-refractivity contribution in [3.05, 3.63) is 64.2 Å². The van der Waals surface area contributed by atoms with Crippen molar-refractivity contribution in [2.45, 2.75) is 38.3 Å². The molecular formula is C21H25Cl2NO. The number of ether oxygens (including phenoxy) is 1. The fourth-order valence-electron chi connectivity index (χ4n) is 4.48. The predicted molar refractivity (Wildman–Crippen MR) is 106 cm³/mol. The molecule has 1 N–H and O–H groups in total. The van der Waals surface area contributed by atoms with E-state index in [1.807, 2.05) is 12.1 Å². The van der Waals surface area contributed by atoms with Crippen LogP contribution in [-0.2, 0) is 19.4 Å². The second kappa shape index (κ2) is 7.99. The molecule has 2 aliphatic carbocycles. The molecule has 0 aromatic heterocycles. The zero-order valence-corrected chi connectivity index (χ0v) is 16.1. The quantitative estimate of drug-likeness (QED) is 0.804. The third kappa shape index (κ3) is 3.97. The molecule has 0 aliphatic heterocycles. The van der Waals surface area contributed by atoms with Gasteiger partial charge in [-0.15, -0.1) is 12.4 Å². The molecule has 3 atom stereocenters. The number of hydrogen-bond donors (Lipinski definition) is 1. The van der Waals surface area contributed by atoms with Crippen LogP contribution in [0.5, 0.6) is 5.75 Å². The number of methoxy groups -OCH3 is 1. The highest BCUT2D eigenvalue weighted by atomic mass is 35.5. The van der Waals surface area contributed by atoms with Gasteiger partial charge in [0.1, 0.15) is 5.75 Å². The Bertz CT molecular complexity index is 716. The van der Waals surface area contributed by atoms with Crippen LogP contribution in [0.15, 0.2) is 42.5 Å². The average molecular weight is 378 g/mol. The maximum absolute atomic E-state index is 5.98. The molecule has 25 heavy (non-hydrogen) atoms. The van der Waals surface area contributed by atoms with Gasteiger partial charge in [0, 0.05) is 17.6 Å². The van der Waals surface area contributed by atoms with Crippen LogP contribution in [-0.4, -0.2) is 13.2 Å². The number of halogens is 2. The van der Waals surface area contributed by atoms with Crippen molar-refractivity contribution < 1.29 is 4.74 Å². The number of nitrogens with one attached hydrogen (secondary N) is 1. The van der Waals surface area contributed by atoms with Gasteiger partial charge in [-0.3, -0.25) is 0 Å². The van der Waals surface area contributed by atoms with Crippen molar-refractivity contribution in [1.29, 1.82) is 0 Å². The van der Waals surface area contributed by atoms with E-state index in [-0.39, 0.29) is 12.4 Å². The van der Waals surface area contributed by atoms with Gasteiger partial charge in [0.25, 0.3) is 0 Å². The van der Waals surface area contributed by atoms with Crippen molar-refractivity contribution in [3.8, 4) is 5.75 Å². The normalized spacial score (nSPS) is 24.2. The van der Waals surface area contributed by atoms with E-state index in [1.54, 1.807) is 7.11 Å². The van der Waals surface area contributed by atoms with E-state index >= 15 is 0 Å². The van der Waals surface area contributed by atoms with Crippen LogP contribution in [0.3, 0.4) is 0 Å². The Morgan fingerprint density at radius 3 is 2.36 bits per heavy atom. The predicted octanol–water partition coefficient (Wildman–Crippen LogP) is 5.05. The molecule has 2 bridgehead atoms. The number of hydrogen-bond acceptors (Lipinski definition) is 2. The average Bonchev–Trinajstić information content (AvgIpc) is 2.88. The van der Waals surface area contributed by atoms with E-state index in [0.717, 1.165) is 29.2 Å². The minimum Gasteiger partial charge on any atom is -0.497 e. The molecule has 134 valence electrons. The van der Waals surface area contributed by atoms with Crippen LogP contribution < -0.4 is 10.1 Å². The monoisotopic (exact) mass is 377 g/mol. The van der Waals surface area contributed by atoms with Crippen LogP contribution in [0.1, 0.15) is 29.5 Å². The molecule has 4 heteroatoms. The van der Waals surface area contributed by atoms with E-state index < -0.39 is 0 Å². The summed E-state index contributed by atoms with van der Waals surface area (Å²) >= 11 is 5.98. The lowest BCUT2D eigenvalue weighted by Crippen LogP contribution is -2.37. The molecule has 2 nitrogen and oxygen atoms in total. The Morgan fingerprint density at radius 1 is 1.00 bits per heavy atom. The molecule has 1 saturated carbocycles. The van der Waals surface area contributed by atoms with Crippen LogP contribution in [0.4, 0.5) is 0 Å². The smallest absolute Gasteiger partial charge is 0.119 e. The van der Waals surface area contributed by atoms with Crippen molar-refractivity contribution in [2.75, 3.05) is 7.11 Å². The zero-order valence-electron chi connectivity index (χ0n) is 14.5. The number of rotatable bonds is 4. The highest BCUT2D eigenvalue weighted by Gasteiger charge is 2.38. The lowest BCUT2D eigenvalue weighted by molar-refractivity contribution is 0.340. The summed E-state index contributed by atoms with van der Waals surface area (Å²) in [4.78, 5) is 0. The third-order valence-electron chi connectivity index (χ3n) is 5.76. The van der Waals surface area contributed by atoms with Crippen LogP contribution in [0.2, 0.25) is 5.02 Å². The molecule has 2 aromatic rings. The highest BCUT2D eigenvalue weighted by Crippen LogP contribution is 2.41. The number of benzene rings is 2. The van der Waals surface area contributed by atoms with E-state index in [4.69, 9.17) is 16.3 Å². The summed E-state index contributed by atoms with van der Waals surface area (Å²) in [6.45, 7) is 0.925. The second-order valence-corrected chi connectivity index (χ2v) is 7.61. The first-order valence-corrected chi connectivity index (χ1v) is 9.24. The topological polar surface area (TPSA) is 21.3 Å². The third-order valence-corrected chi connectivity index (χ3v) is 6.01. The van der Waals surface area contributed by atoms with E-state index in [9.17, 15) is 0 Å². The first kappa shape index (κ1) is 18.6. The molecule has 2 aliphatic rings. The van der Waals surface area contributed by atoms with Crippen LogP contribution in [0, 0.1) is 11.8 Å². The van der Waals surface area contributed by atoms with Gasteiger partial charge in [0.05, 0.1) is 7.11 Å². The van der Waals surface area contributed by atoms with Gasteiger partial charge in [-0.05, 0) is 78.5 Å². The van der Waals surface area contributed by atoms with Gasteiger partial charge < -0.3 is 10.1 Å². The fourth-order valence-corrected chi connectivity index (χ4v) is 4.61. The van der Waals surface area contributed by atoms with Crippen molar-refractivity contribution in [3.63, 3.8) is 0 Å². The first-order chi connectivity index (χ1) is 11.7. The van der Waals surface area contributed by atoms with Crippen LogP contribution >= 0.6 is 24.0 Å². The molecule has 0 spiro atoms. The molecule has 0 amide bonds. The summed E-state index contributed by atoms with van der Waals surface area (Å²) in [5.74, 6) is 2.46. The van der Waals surface area contributed by atoms with Gasteiger partial charge in [-0.2, -0.15) is 0 Å². The maximum atomic E-state index is 5.98. The SMILES string of the molecule is COc1ccc2c(c1)CC1CCC(C2)C1NCc1ccc(Cl)cc1.Cl. The Balaban J connectivity index is 0.00000182.